The molecule has 2 unspecified atom stereocenters. The predicted molar refractivity (Wildman–Crippen MR) is 98.1 cm³/mol. The minimum Gasteiger partial charge on any atom is -0.669 e. The zero-order chi connectivity index (χ0) is 20.5. The Hall–Kier alpha value is -2.34. The lowest BCUT2D eigenvalue weighted by Crippen LogP contribution is -2.58. The molecule has 0 aromatic heterocycles. The number of hydrogen-bond donors (Lipinski definition) is 4. The van der Waals surface area contributed by atoms with Crippen molar-refractivity contribution in [1.29, 1.82) is 0 Å². The first-order valence-electron chi connectivity index (χ1n) is 9.84. The standard InChI is InChI=1S/C18H23BN3O7/c20-17(23)13-3-8(5-21-13)22-6-9(7-22)28-14-2-1-10-11-4-12(11)19(26,27)29-16(10)15(14)18(24)25/h1-2,8-9,11-13,21,26-27H,3-7H2,(H2,20,23)(H,24,25)/q-1/p-1/t8-,11?,12?,13-/m0/s1. The van der Waals surface area contributed by atoms with Gasteiger partial charge in [-0.1, -0.05) is 18.3 Å². The summed E-state index contributed by atoms with van der Waals surface area (Å²) in [5.74, 6) is -2.33. The van der Waals surface area contributed by atoms with Gasteiger partial charge in [-0.25, -0.2) is 0 Å². The summed E-state index contributed by atoms with van der Waals surface area (Å²) in [5.41, 5.74) is 5.69. The molecular formula is C18H22BN3O7-2. The van der Waals surface area contributed by atoms with Crippen molar-refractivity contribution in [3.05, 3.63) is 23.3 Å². The number of nitrogens with one attached hydrogen (secondary N) is 1. The molecule has 1 amide bonds. The van der Waals surface area contributed by atoms with Crippen molar-refractivity contribution in [3.8, 4) is 11.5 Å². The van der Waals surface area contributed by atoms with E-state index in [4.69, 9.17) is 15.1 Å². The summed E-state index contributed by atoms with van der Waals surface area (Å²) in [6.45, 7) is -1.26. The smallest absolute Gasteiger partial charge is 0.434 e. The Morgan fingerprint density at radius 2 is 2.07 bits per heavy atom. The lowest BCUT2D eigenvalue weighted by molar-refractivity contribution is -0.255. The fraction of sp³-hybridized carbons (Fsp3) is 0.556. The quantitative estimate of drug-likeness (QED) is 0.390. The van der Waals surface area contributed by atoms with Crippen LogP contribution in [0.15, 0.2) is 12.1 Å². The number of fused-ring (bicyclic) bond motifs is 3. The summed E-state index contributed by atoms with van der Waals surface area (Å²) < 4.78 is 11.2. The monoisotopic (exact) mass is 403 g/mol. The number of nitrogens with zero attached hydrogens (tertiary/aromatic N) is 1. The van der Waals surface area contributed by atoms with Gasteiger partial charge in [-0.15, -0.1) is 0 Å². The summed E-state index contributed by atoms with van der Waals surface area (Å²) in [7, 11) is 0. The van der Waals surface area contributed by atoms with Crippen molar-refractivity contribution in [2.45, 2.75) is 42.8 Å². The number of hydrogen-bond acceptors (Lipinski definition) is 9. The Bertz CT molecular complexity index is 888. The maximum atomic E-state index is 11.8. The largest absolute Gasteiger partial charge is 0.669 e. The minimum absolute atomic E-state index is 0.0632. The molecule has 2 saturated heterocycles. The minimum atomic E-state index is -3.09. The summed E-state index contributed by atoms with van der Waals surface area (Å²) >= 11 is 0. The SMILES string of the molecule is NC(=O)[C@@H]1C[C@H](N2CC(Oc3ccc4c(c3C(=O)[O-])O[B-](O)(O)C3CC43)C2)CN1. The molecule has 29 heavy (non-hydrogen) atoms. The number of carboxylic acid groups (broad SMARTS) is 1. The van der Waals surface area contributed by atoms with E-state index in [9.17, 15) is 24.7 Å². The lowest BCUT2D eigenvalue weighted by Gasteiger charge is -2.43. The van der Waals surface area contributed by atoms with Gasteiger partial charge in [0.15, 0.2) is 0 Å². The van der Waals surface area contributed by atoms with E-state index in [0.717, 1.165) is 0 Å². The van der Waals surface area contributed by atoms with Crippen molar-refractivity contribution in [2.75, 3.05) is 19.6 Å². The van der Waals surface area contributed by atoms with Crippen LogP contribution in [0.3, 0.4) is 0 Å². The van der Waals surface area contributed by atoms with Crippen molar-refractivity contribution in [3.63, 3.8) is 0 Å². The first-order valence-corrected chi connectivity index (χ1v) is 9.84. The Balaban J connectivity index is 1.30. The highest BCUT2D eigenvalue weighted by atomic mass is 16.6. The second-order valence-electron chi connectivity index (χ2n) is 8.48. The van der Waals surface area contributed by atoms with Gasteiger partial charge in [-0.05, 0) is 24.0 Å². The molecule has 3 aliphatic heterocycles. The summed E-state index contributed by atoms with van der Waals surface area (Å²) in [6, 6.07) is 3.16. The van der Waals surface area contributed by atoms with Crippen LogP contribution in [0.1, 0.15) is 34.7 Å². The van der Waals surface area contributed by atoms with Crippen molar-refractivity contribution in [2.24, 2.45) is 5.73 Å². The van der Waals surface area contributed by atoms with E-state index in [-0.39, 0.29) is 47.1 Å². The molecule has 5 rings (SSSR count). The molecule has 10 nitrogen and oxygen atoms in total. The zero-order valence-corrected chi connectivity index (χ0v) is 15.6. The number of nitrogens with two attached hydrogens (primary N) is 1. The summed E-state index contributed by atoms with van der Waals surface area (Å²) in [4.78, 5) is 25.2. The molecule has 1 aromatic carbocycles. The molecule has 4 atom stereocenters. The third-order valence-corrected chi connectivity index (χ3v) is 6.58. The maximum absolute atomic E-state index is 11.8. The average molecular weight is 403 g/mol. The topological polar surface area (TPSA) is 157 Å². The number of carbonyl (C=O) groups excluding carboxylic acids is 2. The molecular weight excluding hydrogens is 381 g/mol. The maximum Gasteiger partial charge on any atom is 0.434 e. The molecule has 1 saturated carbocycles. The number of carboxylic acids is 1. The molecule has 4 aliphatic rings. The van der Waals surface area contributed by atoms with Gasteiger partial charge < -0.3 is 40.4 Å². The van der Waals surface area contributed by atoms with Crippen LogP contribution in [-0.2, 0) is 4.79 Å². The van der Waals surface area contributed by atoms with E-state index >= 15 is 0 Å². The number of benzene rings is 1. The van der Waals surface area contributed by atoms with E-state index in [1.54, 1.807) is 12.1 Å². The molecule has 1 aliphatic carbocycles. The second-order valence-corrected chi connectivity index (χ2v) is 8.48. The van der Waals surface area contributed by atoms with E-state index in [2.05, 4.69) is 10.2 Å². The molecule has 0 radical (unpaired) electrons. The third-order valence-electron chi connectivity index (χ3n) is 6.58. The molecule has 156 valence electrons. The summed E-state index contributed by atoms with van der Waals surface area (Å²) in [5, 5.41) is 35.0. The normalized spacial score (nSPS) is 32.5. The number of primary amides is 1. The van der Waals surface area contributed by atoms with Crippen LogP contribution in [0.4, 0.5) is 0 Å². The van der Waals surface area contributed by atoms with Crippen LogP contribution in [0.5, 0.6) is 11.5 Å². The molecule has 5 N–H and O–H groups in total. The van der Waals surface area contributed by atoms with Gasteiger partial charge in [0.05, 0.1) is 23.3 Å². The van der Waals surface area contributed by atoms with Gasteiger partial charge in [-0.2, -0.15) is 0 Å². The molecule has 3 heterocycles. The highest BCUT2D eigenvalue weighted by Crippen LogP contribution is 2.63. The number of rotatable bonds is 5. The molecule has 11 heteroatoms. The Morgan fingerprint density at radius 3 is 2.72 bits per heavy atom. The number of ether oxygens (including phenoxy) is 1. The lowest BCUT2D eigenvalue weighted by atomic mass is 9.68. The van der Waals surface area contributed by atoms with Gasteiger partial charge >= 0.3 is 6.75 Å². The Morgan fingerprint density at radius 1 is 1.31 bits per heavy atom. The third kappa shape index (κ3) is 3.05. The van der Waals surface area contributed by atoms with Crippen LogP contribution in [0.2, 0.25) is 5.82 Å². The zero-order valence-electron chi connectivity index (χ0n) is 15.6. The van der Waals surface area contributed by atoms with Crippen LogP contribution in [0, 0.1) is 0 Å². The molecule has 3 fully saturated rings. The number of amides is 1. The van der Waals surface area contributed by atoms with E-state index in [1.165, 1.54) is 0 Å². The van der Waals surface area contributed by atoms with Crippen molar-refractivity contribution < 1.29 is 34.1 Å². The van der Waals surface area contributed by atoms with Crippen LogP contribution >= 0.6 is 0 Å². The number of likely N-dealkylation sites (tertiary alicyclic amines) is 1. The van der Waals surface area contributed by atoms with E-state index in [0.29, 0.717) is 38.0 Å². The summed E-state index contributed by atoms with van der Waals surface area (Å²) in [6.07, 6.45) is 0.958. The highest BCUT2D eigenvalue weighted by Gasteiger charge is 2.55. The van der Waals surface area contributed by atoms with Gasteiger partial charge in [0.1, 0.15) is 11.9 Å². The van der Waals surface area contributed by atoms with Gasteiger partial charge in [-0.3, -0.25) is 9.69 Å². The van der Waals surface area contributed by atoms with Crippen LogP contribution < -0.4 is 25.5 Å². The molecule has 0 spiro atoms. The number of aromatic carboxylic acids is 1. The first-order chi connectivity index (χ1) is 13.7. The first kappa shape index (κ1) is 18.7. The van der Waals surface area contributed by atoms with Gasteiger partial charge in [0.2, 0.25) is 5.91 Å². The highest BCUT2D eigenvalue weighted by molar-refractivity contribution is 6.62. The second kappa shape index (κ2) is 6.33. The van der Waals surface area contributed by atoms with Crippen LogP contribution in [0.25, 0.3) is 0 Å². The predicted octanol–water partition coefficient (Wildman–Crippen LogP) is -2.50. The van der Waals surface area contributed by atoms with E-state index in [1.807, 2.05) is 0 Å². The average Bonchev–Trinajstić information content (AvgIpc) is 3.28. The van der Waals surface area contributed by atoms with Gasteiger partial charge in [0, 0.05) is 25.7 Å². The van der Waals surface area contributed by atoms with Crippen molar-refractivity contribution in [1.82, 2.24) is 10.2 Å². The van der Waals surface area contributed by atoms with Gasteiger partial charge in [0.25, 0.3) is 0 Å². The molecule has 1 aromatic rings. The fourth-order valence-electron chi connectivity index (χ4n) is 4.84. The fourth-order valence-corrected chi connectivity index (χ4v) is 4.84. The molecule has 0 bridgehead atoms. The van der Waals surface area contributed by atoms with Crippen LogP contribution in [-0.4, -0.2) is 71.4 Å². The number of carbonyl (C=O) groups is 2. The van der Waals surface area contributed by atoms with Crippen molar-refractivity contribution >= 4 is 18.6 Å². The Kier molecular flexibility index (Phi) is 4.08. The van der Waals surface area contributed by atoms with E-state index < -0.39 is 18.5 Å². The Labute approximate surface area is 166 Å².